The van der Waals surface area contributed by atoms with Crippen molar-refractivity contribution in [3.05, 3.63) is 0 Å². The Balaban J connectivity index is 0.000000447. The first-order valence-electron chi connectivity index (χ1n) is 16.0. The second-order valence-electron chi connectivity index (χ2n) is 13.5. The van der Waals surface area contributed by atoms with Crippen molar-refractivity contribution >= 4 is 48.2 Å². The van der Waals surface area contributed by atoms with Crippen LogP contribution in [-0.4, -0.2) is 144 Å². The number of rotatable bonds is 12. The van der Waals surface area contributed by atoms with Crippen molar-refractivity contribution in [2.75, 3.05) is 78.7 Å². The van der Waals surface area contributed by atoms with Crippen LogP contribution in [0.1, 0.15) is 68.2 Å². The van der Waals surface area contributed by atoms with Gasteiger partial charge in [0.2, 0.25) is 0 Å². The van der Waals surface area contributed by atoms with E-state index in [4.69, 9.17) is 0 Å². The van der Waals surface area contributed by atoms with Gasteiger partial charge in [0, 0.05) is 52.4 Å². The molecule has 0 amide bonds. The molecule has 0 fully saturated rings. The highest BCUT2D eigenvalue weighted by atomic mass is 35.5. The second-order valence-corrected chi connectivity index (χ2v) is 13.5. The van der Waals surface area contributed by atoms with Crippen LogP contribution < -0.4 is 10.6 Å². The summed E-state index contributed by atoms with van der Waals surface area (Å²) in [4.78, 5) is 22.3. The molecule has 0 radical (unpaired) electrons. The number of amidine groups is 4. The van der Waals surface area contributed by atoms with Gasteiger partial charge < -0.3 is 30.6 Å². The monoisotopic (exact) mass is 688 g/mol. The summed E-state index contributed by atoms with van der Waals surface area (Å²) in [5, 5.41) is 43.3. The molecule has 4 heterocycles. The van der Waals surface area contributed by atoms with Gasteiger partial charge in [-0.2, -0.15) is 20.5 Å². The average molecular weight is 690 g/mol. The van der Waals surface area contributed by atoms with Gasteiger partial charge in [-0.1, -0.05) is 0 Å². The third-order valence-electron chi connectivity index (χ3n) is 7.75. The van der Waals surface area contributed by atoms with Crippen molar-refractivity contribution in [1.29, 1.82) is 0 Å². The van der Waals surface area contributed by atoms with Gasteiger partial charge in [0.25, 0.3) is 0 Å². The van der Waals surface area contributed by atoms with Crippen LogP contribution in [0, 0.1) is 0 Å². The normalized spacial score (nSPS) is 19.3. The van der Waals surface area contributed by atoms with Gasteiger partial charge in [-0.25, -0.2) is 0 Å². The largest absolute Gasteiger partial charge is 0.395 e. The summed E-state index contributed by atoms with van der Waals surface area (Å²) in [5.41, 5.74) is -1.92. The Labute approximate surface area is 287 Å². The highest BCUT2D eigenvalue weighted by Crippen LogP contribution is 2.25. The summed E-state index contributed by atoms with van der Waals surface area (Å²) in [7, 11) is 0. The first-order valence-corrected chi connectivity index (χ1v) is 16.0. The first-order chi connectivity index (χ1) is 20.7. The molecule has 4 rings (SSSR count). The molecule has 0 aromatic rings. The lowest BCUT2D eigenvalue weighted by Crippen LogP contribution is -2.46. The highest BCUT2D eigenvalue weighted by molar-refractivity contribution is 5.94. The molecule has 0 aromatic heterocycles. The molecule has 14 nitrogen and oxygen atoms in total. The Bertz CT molecular complexity index is 1060. The van der Waals surface area contributed by atoms with Crippen LogP contribution in [0.25, 0.3) is 0 Å². The van der Waals surface area contributed by atoms with E-state index in [1.807, 2.05) is 55.4 Å². The van der Waals surface area contributed by atoms with E-state index in [0.29, 0.717) is 13.1 Å². The summed E-state index contributed by atoms with van der Waals surface area (Å²) in [5.74, 6) is 3.61. The number of azo groups is 2. The Hall–Kier alpha value is -2.42. The lowest BCUT2D eigenvalue weighted by Gasteiger charge is -2.31. The Morgan fingerprint density at radius 2 is 0.913 bits per heavy atom. The van der Waals surface area contributed by atoms with Crippen molar-refractivity contribution < 1.29 is 10.2 Å². The molecule has 4 N–H and O–H groups in total. The van der Waals surface area contributed by atoms with Crippen LogP contribution in [0.15, 0.2) is 40.4 Å². The maximum absolute atomic E-state index is 9.20. The van der Waals surface area contributed by atoms with E-state index >= 15 is 0 Å². The van der Waals surface area contributed by atoms with E-state index in [2.05, 4.69) is 60.9 Å². The minimum absolute atomic E-state index is 0. The van der Waals surface area contributed by atoms with Crippen LogP contribution in [0.5, 0.6) is 0 Å². The fraction of sp³-hybridized carbons (Fsp3) is 0.867. The molecular formula is C30H58Cl2N12O2. The van der Waals surface area contributed by atoms with Crippen molar-refractivity contribution in [2.24, 2.45) is 40.4 Å². The Kier molecular flexibility index (Phi) is 16.5. The molecule has 0 unspecified atom stereocenters. The lowest BCUT2D eigenvalue weighted by atomic mass is 10.0. The van der Waals surface area contributed by atoms with Crippen molar-refractivity contribution in [1.82, 2.24) is 20.4 Å². The molecule has 16 heteroatoms. The minimum Gasteiger partial charge on any atom is -0.395 e. The fourth-order valence-corrected chi connectivity index (χ4v) is 5.37. The zero-order valence-electron chi connectivity index (χ0n) is 29.1. The van der Waals surface area contributed by atoms with E-state index in [9.17, 15) is 10.2 Å². The van der Waals surface area contributed by atoms with Crippen LogP contribution in [0.2, 0.25) is 0 Å². The number of halogens is 2. The molecule has 0 saturated heterocycles. The Morgan fingerprint density at radius 1 is 0.565 bits per heavy atom. The molecule has 0 bridgehead atoms. The quantitative estimate of drug-likeness (QED) is 0.230. The summed E-state index contributed by atoms with van der Waals surface area (Å²) in [6.45, 7) is 24.2. The maximum atomic E-state index is 9.20. The number of hydrogen-bond donors (Lipinski definition) is 4. The number of aliphatic hydroxyl groups excluding tert-OH is 2. The average Bonchev–Trinajstić information content (AvgIpc) is 3.68. The molecule has 0 aromatic carbocycles. The topological polar surface area (TPSA) is 170 Å². The van der Waals surface area contributed by atoms with Crippen molar-refractivity contribution in [2.45, 2.75) is 90.4 Å². The number of nitrogens with zero attached hydrogens (tertiary/aromatic N) is 10. The lowest BCUT2D eigenvalue weighted by molar-refractivity contribution is 0.250. The number of hydrogen-bond acceptors (Lipinski definition) is 14. The van der Waals surface area contributed by atoms with E-state index < -0.39 is 22.2 Å². The van der Waals surface area contributed by atoms with Crippen LogP contribution in [0.4, 0.5) is 0 Å². The van der Waals surface area contributed by atoms with Crippen molar-refractivity contribution in [3.63, 3.8) is 0 Å². The smallest absolute Gasteiger partial charge is 0.133 e. The standard InChI is InChI=1S/C16H30N6O2.C14H26N6.2ClH/c1-15(2,13-17-5-7-21(13)9-11-23)19-20-16(3,4)14-18-6-8-22(14)10-12-24;1-13(2,11-15-7-5-8-16-11)19-20-14(3,4)12-17-9-6-10-18-12;;/h23-24H,5-12H2,1-4H3;5-10H2,1-4H3,(H,15,16)(H,17,18);2*1H. The molecule has 4 aliphatic heterocycles. The molecular weight excluding hydrogens is 631 g/mol. The molecule has 0 spiro atoms. The van der Waals surface area contributed by atoms with Gasteiger partial charge in [-0.15, -0.1) is 24.8 Å². The molecule has 0 aliphatic carbocycles. The first kappa shape index (κ1) is 41.6. The predicted molar refractivity (Wildman–Crippen MR) is 192 cm³/mol. The van der Waals surface area contributed by atoms with Gasteiger partial charge in [-0.05, 0) is 68.2 Å². The van der Waals surface area contributed by atoms with Gasteiger partial charge in [0.1, 0.15) is 45.5 Å². The second kappa shape index (κ2) is 18.2. The van der Waals surface area contributed by atoms with Crippen LogP contribution >= 0.6 is 24.8 Å². The Morgan fingerprint density at radius 3 is 1.22 bits per heavy atom. The van der Waals surface area contributed by atoms with E-state index in [-0.39, 0.29) is 38.0 Å². The van der Waals surface area contributed by atoms with E-state index in [1.54, 1.807) is 0 Å². The SMILES string of the molecule is CC(C)(N=NC(C)(C)C1=NCCCN1)C1=NCCCN1.CC(C)(N=NC(C)(C)C1=NCCN1CCO)C1=NCCN1CCO.Cl.Cl. The van der Waals surface area contributed by atoms with E-state index in [1.165, 1.54) is 0 Å². The highest BCUT2D eigenvalue weighted by Gasteiger charge is 2.36. The number of nitrogens with one attached hydrogen (secondary N) is 2. The molecule has 0 atom stereocenters. The molecule has 264 valence electrons. The fourth-order valence-electron chi connectivity index (χ4n) is 5.37. The van der Waals surface area contributed by atoms with Gasteiger partial charge >= 0.3 is 0 Å². The predicted octanol–water partition coefficient (Wildman–Crippen LogP) is 3.03. The zero-order valence-corrected chi connectivity index (χ0v) is 30.7. The summed E-state index contributed by atoms with van der Waals surface area (Å²) < 4.78 is 0. The molecule has 0 saturated carbocycles. The third kappa shape index (κ3) is 11.4. The van der Waals surface area contributed by atoms with Crippen molar-refractivity contribution in [3.8, 4) is 0 Å². The van der Waals surface area contributed by atoms with Crippen LogP contribution in [0.3, 0.4) is 0 Å². The van der Waals surface area contributed by atoms with Gasteiger partial charge in [-0.3, -0.25) is 20.0 Å². The zero-order chi connectivity index (χ0) is 32.4. The van der Waals surface area contributed by atoms with Crippen LogP contribution in [-0.2, 0) is 0 Å². The van der Waals surface area contributed by atoms with Gasteiger partial charge in [0.05, 0.1) is 26.3 Å². The summed E-state index contributed by atoms with van der Waals surface area (Å²) in [6.07, 6.45) is 2.17. The summed E-state index contributed by atoms with van der Waals surface area (Å²) >= 11 is 0. The van der Waals surface area contributed by atoms with E-state index in [0.717, 1.165) is 88.5 Å². The molecule has 4 aliphatic rings. The third-order valence-corrected chi connectivity index (χ3v) is 7.75. The van der Waals surface area contributed by atoms with Gasteiger partial charge in [0.15, 0.2) is 0 Å². The minimum atomic E-state index is -0.552. The molecule has 46 heavy (non-hydrogen) atoms. The number of aliphatic imine (C=N–C) groups is 4. The summed E-state index contributed by atoms with van der Waals surface area (Å²) in [6, 6.07) is 0. The number of β-amino-alcohol motifs (C(OH)–C–C–N with tert-alkyl or cyclic N) is 2. The number of aliphatic hydroxyl groups is 2. The maximum Gasteiger partial charge on any atom is 0.133 e.